The van der Waals surface area contributed by atoms with E-state index >= 15 is 0 Å². The zero-order valence-electron chi connectivity index (χ0n) is 24.1. The quantitative estimate of drug-likeness (QED) is 0.274. The van der Waals surface area contributed by atoms with Crippen LogP contribution < -0.4 is 10.6 Å². The Bertz CT molecular complexity index is 681. The highest BCUT2D eigenvalue weighted by atomic mass is 16.5. The number of carbonyl (C=O) groups is 2. The summed E-state index contributed by atoms with van der Waals surface area (Å²) in [5, 5.41) is 7.24. The molecule has 0 radical (unpaired) electrons. The monoisotopic (exact) mass is 494 g/mol. The van der Waals surface area contributed by atoms with E-state index in [1.54, 1.807) is 0 Å². The van der Waals surface area contributed by atoms with E-state index < -0.39 is 0 Å². The third-order valence-corrected chi connectivity index (χ3v) is 7.36. The van der Waals surface area contributed by atoms with Gasteiger partial charge in [0, 0.05) is 22.2 Å². The molecule has 2 saturated heterocycles. The average Bonchev–Trinajstić information content (AvgIpc) is 2.64. The summed E-state index contributed by atoms with van der Waals surface area (Å²) in [7, 11) is 0. The van der Waals surface area contributed by atoms with Gasteiger partial charge in [-0.25, -0.2) is 0 Å². The Morgan fingerprint density at radius 3 is 1.57 bits per heavy atom. The fourth-order valence-corrected chi connectivity index (χ4v) is 6.69. The molecule has 0 amide bonds. The van der Waals surface area contributed by atoms with Crippen LogP contribution in [0.3, 0.4) is 0 Å². The van der Waals surface area contributed by atoms with Crippen molar-refractivity contribution in [3.63, 3.8) is 0 Å². The zero-order valence-corrected chi connectivity index (χ0v) is 24.1. The topological polar surface area (TPSA) is 76.7 Å². The van der Waals surface area contributed by atoms with Crippen LogP contribution in [0.4, 0.5) is 0 Å². The van der Waals surface area contributed by atoms with Crippen molar-refractivity contribution in [2.75, 3.05) is 6.61 Å². The Balaban J connectivity index is 1.55. The Kier molecular flexibility index (Phi) is 10.3. The first-order valence-corrected chi connectivity index (χ1v) is 14.0. The number of rotatable bonds is 11. The van der Waals surface area contributed by atoms with Crippen molar-refractivity contribution in [1.82, 2.24) is 10.6 Å². The maximum atomic E-state index is 12.7. The molecule has 2 heterocycles. The molecule has 6 nitrogen and oxygen atoms in total. The van der Waals surface area contributed by atoms with Gasteiger partial charge >= 0.3 is 11.9 Å². The van der Waals surface area contributed by atoms with Gasteiger partial charge in [0.15, 0.2) is 0 Å². The maximum absolute atomic E-state index is 12.7. The molecule has 0 bridgehead atoms. The summed E-state index contributed by atoms with van der Waals surface area (Å²) in [5.41, 5.74) is -0.192. The van der Waals surface area contributed by atoms with Crippen LogP contribution in [0.15, 0.2) is 0 Å². The van der Waals surface area contributed by atoms with E-state index in [1.165, 1.54) is 0 Å². The van der Waals surface area contributed by atoms with Crippen LogP contribution in [0.5, 0.6) is 0 Å². The minimum absolute atomic E-state index is 0.0209. The Morgan fingerprint density at radius 1 is 0.686 bits per heavy atom. The summed E-state index contributed by atoms with van der Waals surface area (Å²) in [6, 6.07) is 0. The first-order valence-electron chi connectivity index (χ1n) is 14.0. The number of esters is 2. The molecule has 0 aliphatic carbocycles. The predicted molar refractivity (Wildman–Crippen MR) is 142 cm³/mol. The summed E-state index contributed by atoms with van der Waals surface area (Å²) < 4.78 is 11.4. The molecule has 2 fully saturated rings. The fraction of sp³-hybridized carbons (Fsp3) is 0.931. The lowest BCUT2D eigenvalue weighted by Gasteiger charge is -2.45. The molecule has 1 atom stereocenters. The third kappa shape index (κ3) is 10.8. The van der Waals surface area contributed by atoms with Gasteiger partial charge < -0.3 is 20.1 Å². The number of hydrogen-bond acceptors (Lipinski definition) is 6. The standard InChI is InChI=1S/C29H54N2O4/c1-21(35-25(33)23-19-28(6,7)31-29(8,9)20-23)15-13-11-10-12-14-16-34-24(32)22-17-26(2,3)30-27(4,5)18-22/h21-23,30-31H,10-20H2,1-9H3. The van der Waals surface area contributed by atoms with E-state index in [9.17, 15) is 9.59 Å². The van der Waals surface area contributed by atoms with Crippen LogP contribution in [0, 0.1) is 11.8 Å². The van der Waals surface area contributed by atoms with Gasteiger partial charge in [-0.1, -0.05) is 19.3 Å². The van der Waals surface area contributed by atoms with Crippen LogP contribution in [0.25, 0.3) is 0 Å². The largest absolute Gasteiger partial charge is 0.465 e. The van der Waals surface area contributed by atoms with Crippen molar-refractivity contribution in [3.8, 4) is 0 Å². The second kappa shape index (κ2) is 11.9. The van der Waals surface area contributed by atoms with Gasteiger partial charge in [-0.3, -0.25) is 9.59 Å². The summed E-state index contributed by atoms with van der Waals surface area (Å²) >= 11 is 0. The molecule has 2 rings (SSSR count). The van der Waals surface area contributed by atoms with Gasteiger partial charge in [0.2, 0.25) is 0 Å². The number of unbranched alkanes of at least 4 members (excludes halogenated alkanes) is 4. The first-order chi connectivity index (χ1) is 16.0. The van der Waals surface area contributed by atoms with Crippen LogP contribution in [-0.4, -0.2) is 46.8 Å². The van der Waals surface area contributed by atoms with Crippen molar-refractivity contribution in [2.45, 2.75) is 155 Å². The fourth-order valence-electron chi connectivity index (χ4n) is 6.69. The molecule has 2 aliphatic heterocycles. The van der Waals surface area contributed by atoms with Crippen molar-refractivity contribution >= 4 is 11.9 Å². The van der Waals surface area contributed by atoms with E-state index in [4.69, 9.17) is 9.47 Å². The molecule has 204 valence electrons. The molecule has 0 aromatic carbocycles. The lowest BCUT2D eigenvalue weighted by atomic mass is 9.76. The van der Waals surface area contributed by atoms with E-state index in [1.807, 2.05) is 6.92 Å². The smallest absolute Gasteiger partial charge is 0.309 e. The maximum Gasteiger partial charge on any atom is 0.309 e. The minimum atomic E-state index is -0.0518. The van der Waals surface area contributed by atoms with Crippen molar-refractivity contribution in [2.24, 2.45) is 11.8 Å². The second-order valence-electron chi connectivity index (χ2n) is 14.0. The molecule has 35 heavy (non-hydrogen) atoms. The van der Waals surface area contributed by atoms with Crippen LogP contribution in [0.1, 0.15) is 127 Å². The molecule has 0 aromatic rings. The van der Waals surface area contributed by atoms with Gasteiger partial charge in [-0.2, -0.15) is 0 Å². The van der Waals surface area contributed by atoms with Crippen LogP contribution in [0.2, 0.25) is 0 Å². The third-order valence-electron chi connectivity index (χ3n) is 7.36. The molecular weight excluding hydrogens is 440 g/mol. The zero-order chi connectivity index (χ0) is 26.5. The van der Waals surface area contributed by atoms with E-state index in [2.05, 4.69) is 66.0 Å². The predicted octanol–water partition coefficient (Wildman–Crippen LogP) is 5.92. The molecule has 0 saturated carbocycles. The summed E-state index contributed by atoms with van der Waals surface area (Å²) in [5.74, 6) is -0.132. The average molecular weight is 495 g/mol. The van der Waals surface area contributed by atoms with Gasteiger partial charge in [-0.15, -0.1) is 0 Å². The van der Waals surface area contributed by atoms with Crippen LogP contribution >= 0.6 is 0 Å². The van der Waals surface area contributed by atoms with Crippen molar-refractivity contribution in [1.29, 1.82) is 0 Å². The molecule has 0 spiro atoms. The van der Waals surface area contributed by atoms with Gasteiger partial charge in [0.05, 0.1) is 24.5 Å². The van der Waals surface area contributed by atoms with Crippen molar-refractivity contribution in [3.05, 3.63) is 0 Å². The number of ether oxygens (including phenoxy) is 2. The Labute approximate surface area is 215 Å². The molecule has 6 heteroatoms. The Hall–Kier alpha value is -1.14. The number of hydrogen-bond donors (Lipinski definition) is 2. The normalized spacial score (nSPS) is 24.5. The highest BCUT2D eigenvalue weighted by molar-refractivity contribution is 5.73. The summed E-state index contributed by atoms with van der Waals surface area (Å²) in [4.78, 5) is 25.3. The van der Waals surface area contributed by atoms with E-state index in [0.29, 0.717) is 6.61 Å². The number of carbonyl (C=O) groups excluding carboxylic acids is 2. The molecular formula is C29H54N2O4. The SMILES string of the molecule is CC(CCCCCCCOC(=O)C1CC(C)(C)NC(C)(C)C1)OC(=O)C1CC(C)(C)NC(C)(C)C1. The molecule has 2 aliphatic rings. The van der Waals surface area contributed by atoms with Gasteiger partial charge in [0.25, 0.3) is 0 Å². The van der Waals surface area contributed by atoms with E-state index in [0.717, 1.165) is 64.2 Å². The number of piperidine rings is 2. The lowest BCUT2D eigenvalue weighted by molar-refractivity contribution is -0.157. The first kappa shape index (κ1) is 30.1. The van der Waals surface area contributed by atoms with E-state index in [-0.39, 0.29) is 52.0 Å². The number of nitrogens with one attached hydrogen (secondary N) is 2. The molecule has 2 N–H and O–H groups in total. The summed E-state index contributed by atoms with van der Waals surface area (Å²) in [6.45, 7) is 19.8. The Morgan fingerprint density at radius 2 is 1.09 bits per heavy atom. The van der Waals surface area contributed by atoms with Crippen LogP contribution in [-0.2, 0) is 19.1 Å². The van der Waals surface area contributed by atoms with Gasteiger partial charge in [0.1, 0.15) is 0 Å². The highest BCUT2D eigenvalue weighted by Gasteiger charge is 2.42. The van der Waals surface area contributed by atoms with Gasteiger partial charge in [-0.05, 0) is 107 Å². The second-order valence-corrected chi connectivity index (χ2v) is 14.0. The lowest BCUT2D eigenvalue weighted by Crippen LogP contribution is -2.59. The highest BCUT2D eigenvalue weighted by Crippen LogP contribution is 2.34. The van der Waals surface area contributed by atoms with Crippen molar-refractivity contribution < 1.29 is 19.1 Å². The molecule has 0 aromatic heterocycles. The minimum Gasteiger partial charge on any atom is -0.465 e. The summed E-state index contributed by atoms with van der Waals surface area (Å²) in [6.07, 6.45) is 9.40. The molecule has 1 unspecified atom stereocenters.